The van der Waals surface area contributed by atoms with Gasteiger partial charge in [-0.2, -0.15) is 0 Å². The van der Waals surface area contributed by atoms with E-state index in [1.54, 1.807) is 13.3 Å². The van der Waals surface area contributed by atoms with Crippen molar-refractivity contribution in [3.05, 3.63) is 48.7 Å². The summed E-state index contributed by atoms with van der Waals surface area (Å²) in [6.45, 7) is 5.94. The van der Waals surface area contributed by atoms with Crippen molar-refractivity contribution in [1.29, 1.82) is 0 Å². The summed E-state index contributed by atoms with van der Waals surface area (Å²) < 4.78 is 11.8. The summed E-state index contributed by atoms with van der Waals surface area (Å²) in [5, 5.41) is 0.903. The van der Waals surface area contributed by atoms with Gasteiger partial charge in [-0.05, 0) is 112 Å². The number of carbonyl (C=O) groups excluding carboxylic acids is 2. The number of rotatable bonds is 6. The molecule has 4 saturated carbocycles. The maximum absolute atomic E-state index is 13.5. The first-order valence-electron chi connectivity index (χ1n) is 15.0. The zero-order valence-corrected chi connectivity index (χ0v) is 23.3. The lowest BCUT2D eigenvalue weighted by molar-refractivity contribution is -0.147. The first-order valence-corrected chi connectivity index (χ1v) is 15.0. The molecule has 7 aliphatic rings. The minimum absolute atomic E-state index is 0.0244. The number of aromatic nitrogens is 1. The van der Waals surface area contributed by atoms with Gasteiger partial charge in [0.05, 0.1) is 24.1 Å². The van der Waals surface area contributed by atoms with Crippen LogP contribution in [0, 0.1) is 35.0 Å². The highest BCUT2D eigenvalue weighted by Gasteiger charge is 2.54. The molecule has 0 spiro atoms. The largest absolute Gasteiger partial charge is 0.497 e. The van der Waals surface area contributed by atoms with Crippen molar-refractivity contribution in [2.45, 2.75) is 63.5 Å². The zero-order valence-electron chi connectivity index (χ0n) is 23.3. The molecule has 8 nitrogen and oxygen atoms in total. The molecule has 1 aromatic carbocycles. The van der Waals surface area contributed by atoms with Crippen LogP contribution in [0.25, 0.3) is 10.9 Å². The van der Waals surface area contributed by atoms with Crippen LogP contribution in [0.3, 0.4) is 0 Å². The molecule has 2 aromatic rings. The highest BCUT2D eigenvalue weighted by Crippen LogP contribution is 2.60. The third kappa shape index (κ3) is 4.44. The Morgan fingerprint density at radius 3 is 2.50 bits per heavy atom. The molecule has 9 rings (SSSR count). The predicted molar refractivity (Wildman–Crippen MR) is 151 cm³/mol. The van der Waals surface area contributed by atoms with Crippen LogP contribution in [-0.4, -0.2) is 48.1 Å². The van der Waals surface area contributed by atoms with E-state index in [-0.39, 0.29) is 17.4 Å². The molecule has 6 bridgehead atoms. The highest BCUT2D eigenvalue weighted by molar-refractivity contribution is 5.86. The van der Waals surface area contributed by atoms with E-state index in [2.05, 4.69) is 33.4 Å². The zero-order chi connectivity index (χ0) is 27.4. The van der Waals surface area contributed by atoms with Gasteiger partial charge in [0.1, 0.15) is 11.9 Å². The van der Waals surface area contributed by atoms with Crippen molar-refractivity contribution in [3.63, 3.8) is 0 Å². The Morgan fingerprint density at radius 2 is 1.85 bits per heavy atom. The molecule has 2 amide bonds. The summed E-state index contributed by atoms with van der Waals surface area (Å²) in [6.07, 6.45) is 11.4. The van der Waals surface area contributed by atoms with E-state index in [0.29, 0.717) is 29.6 Å². The summed E-state index contributed by atoms with van der Waals surface area (Å²) >= 11 is 0. The SMILES string of the molecule is C=CC1CN2CCC1CC2[C@H](OC(=O)NNC(=O)C12CC3CC(CC(C3)C1)C2)c1ccnc2ccc(OC)cc12. The first kappa shape index (κ1) is 25.8. The quantitative estimate of drug-likeness (QED) is 0.386. The van der Waals surface area contributed by atoms with Gasteiger partial charge in [0.25, 0.3) is 0 Å². The molecule has 7 fully saturated rings. The highest BCUT2D eigenvalue weighted by atomic mass is 16.6. The number of carbonyl (C=O) groups is 2. The molecule has 3 aliphatic heterocycles. The number of fused-ring (bicyclic) bond motifs is 4. The minimum atomic E-state index is -0.626. The molecule has 1 aromatic heterocycles. The number of hydrogen-bond acceptors (Lipinski definition) is 6. The fourth-order valence-corrected chi connectivity index (χ4v) is 9.34. The van der Waals surface area contributed by atoms with Gasteiger partial charge < -0.3 is 9.47 Å². The Balaban J connectivity index is 1.13. The molecule has 2 N–H and O–H groups in total. The number of nitrogens with one attached hydrogen (secondary N) is 2. The Hall–Kier alpha value is -3.13. The van der Waals surface area contributed by atoms with Gasteiger partial charge in [0.15, 0.2) is 0 Å². The van der Waals surface area contributed by atoms with E-state index >= 15 is 0 Å². The van der Waals surface area contributed by atoms with Gasteiger partial charge >= 0.3 is 6.09 Å². The fourth-order valence-electron chi connectivity index (χ4n) is 9.34. The lowest BCUT2D eigenvalue weighted by atomic mass is 9.49. The molecule has 4 aliphatic carbocycles. The van der Waals surface area contributed by atoms with Crippen LogP contribution >= 0.6 is 0 Å². The van der Waals surface area contributed by atoms with Gasteiger partial charge in [0.2, 0.25) is 5.91 Å². The standard InChI is InChI=1S/C32H40N4O4/c1-3-22-18-36-9-7-23(22)13-28(36)29(25-6-8-33-27-5-4-24(39-2)14-26(25)27)40-31(38)35-34-30(37)32-15-19-10-20(16-32)12-21(11-19)17-32/h3-6,8,14,19-23,28-29H,1,7,9-13,15-18H2,2H3,(H,34,37)(H,35,38)/t19?,20?,21?,22?,23?,28?,29-,32?/m1/s1. The van der Waals surface area contributed by atoms with Gasteiger partial charge in [0, 0.05) is 23.7 Å². The van der Waals surface area contributed by atoms with E-state index in [9.17, 15) is 9.59 Å². The molecular weight excluding hydrogens is 504 g/mol. The molecule has 8 heteroatoms. The van der Waals surface area contributed by atoms with Crippen LogP contribution in [-0.2, 0) is 9.53 Å². The summed E-state index contributed by atoms with van der Waals surface area (Å²) in [5.74, 6) is 3.60. The van der Waals surface area contributed by atoms with Crippen LogP contribution < -0.4 is 15.6 Å². The van der Waals surface area contributed by atoms with Gasteiger partial charge in [-0.1, -0.05) is 6.08 Å². The Kier molecular flexibility index (Phi) is 6.49. The van der Waals surface area contributed by atoms with Crippen molar-refractivity contribution < 1.29 is 19.1 Å². The van der Waals surface area contributed by atoms with Crippen LogP contribution in [0.1, 0.15) is 63.0 Å². The van der Waals surface area contributed by atoms with Crippen molar-refractivity contribution in [2.75, 3.05) is 20.2 Å². The number of pyridine rings is 1. The molecule has 4 unspecified atom stereocenters. The van der Waals surface area contributed by atoms with Crippen molar-refractivity contribution in [2.24, 2.45) is 35.0 Å². The number of hydrogen-bond donors (Lipinski definition) is 2. The Morgan fingerprint density at radius 1 is 1.10 bits per heavy atom. The van der Waals surface area contributed by atoms with Crippen LogP contribution in [0.2, 0.25) is 0 Å². The van der Waals surface area contributed by atoms with Gasteiger partial charge in [-0.25, -0.2) is 10.2 Å². The lowest BCUT2D eigenvalue weighted by Crippen LogP contribution is -2.57. The molecule has 40 heavy (non-hydrogen) atoms. The number of nitrogens with zero attached hydrogens (tertiary/aromatic N) is 2. The number of piperidine rings is 3. The monoisotopic (exact) mass is 544 g/mol. The van der Waals surface area contributed by atoms with Gasteiger partial charge in [-0.15, -0.1) is 6.58 Å². The number of amides is 2. The normalized spacial score (nSPS) is 36.2. The third-order valence-electron chi connectivity index (χ3n) is 10.8. The van der Waals surface area contributed by atoms with E-state index in [0.717, 1.165) is 67.4 Å². The number of ether oxygens (including phenoxy) is 2. The average molecular weight is 545 g/mol. The summed E-state index contributed by atoms with van der Waals surface area (Å²) in [7, 11) is 1.65. The molecule has 3 saturated heterocycles. The smallest absolute Gasteiger partial charge is 0.426 e. The van der Waals surface area contributed by atoms with E-state index in [4.69, 9.17) is 9.47 Å². The topological polar surface area (TPSA) is 92.8 Å². The molecular formula is C32H40N4O4. The second kappa shape index (κ2) is 10.1. The van der Waals surface area contributed by atoms with Gasteiger partial charge in [-0.3, -0.25) is 20.1 Å². The summed E-state index contributed by atoms with van der Waals surface area (Å²) in [4.78, 5) is 33.8. The second-order valence-electron chi connectivity index (χ2n) is 13.1. The van der Waals surface area contributed by atoms with Crippen molar-refractivity contribution >= 4 is 22.9 Å². The minimum Gasteiger partial charge on any atom is -0.497 e. The maximum Gasteiger partial charge on any atom is 0.426 e. The second-order valence-corrected chi connectivity index (χ2v) is 13.1. The molecule has 4 heterocycles. The van der Waals surface area contributed by atoms with Crippen molar-refractivity contribution in [3.8, 4) is 5.75 Å². The van der Waals surface area contributed by atoms with Crippen LogP contribution in [0.4, 0.5) is 4.79 Å². The van der Waals surface area contributed by atoms with Crippen molar-refractivity contribution in [1.82, 2.24) is 20.7 Å². The number of methoxy groups -OCH3 is 1. The van der Waals surface area contributed by atoms with Crippen LogP contribution in [0.15, 0.2) is 43.1 Å². The predicted octanol–water partition coefficient (Wildman–Crippen LogP) is 5.15. The van der Waals surface area contributed by atoms with Crippen LogP contribution in [0.5, 0.6) is 5.75 Å². The maximum atomic E-state index is 13.5. The third-order valence-corrected chi connectivity index (χ3v) is 10.8. The lowest BCUT2D eigenvalue weighted by Gasteiger charge is -2.55. The Labute approximate surface area is 235 Å². The molecule has 212 valence electrons. The number of hydrazine groups is 1. The Bertz CT molecular complexity index is 1290. The summed E-state index contributed by atoms with van der Waals surface area (Å²) in [6, 6.07) is 7.76. The fraction of sp³-hybridized carbons (Fsp3) is 0.594. The molecule has 5 atom stereocenters. The summed E-state index contributed by atoms with van der Waals surface area (Å²) in [5.41, 5.74) is 6.81. The van der Waals surface area contributed by atoms with E-state index < -0.39 is 12.2 Å². The first-order chi connectivity index (χ1) is 19.4. The van der Waals surface area contributed by atoms with E-state index in [1.807, 2.05) is 24.3 Å². The average Bonchev–Trinajstić information content (AvgIpc) is 2.97. The number of benzene rings is 1. The van der Waals surface area contributed by atoms with E-state index in [1.165, 1.54) is 19.3 Å². The molecule has 0 radical (unpaired) electrons.